The zero-order valence-electron chi connectivity index (χ0n) is 10.9. The van der Waals surface area contributed by atoms with E-state index in [9.17, 15) is 0 Å². The highest BCUT2D eigenvalue weighted by atomic mass is 15.2. The lowest BCUT2D eigenvalue weighted by Gasteiger charge is -2.41. The molecule has 1 aromatic heterocycles. The van der Waals surface area contributed by atoms with Crippen LogP contribution in [0.25, 0.3) is 0 Å². The predicted octanol–water partition coefficient (Wildman–Crippen LogP) is 1.50. The van der Waals surface area contributed by atoms with Gasteiger partial charge in [0.15, 0.2) is 0 Å². The molecule has 0 bridgehead atoms. The van der Waals surface area contributed by atoms with Gasteiger partial charge in [0.1, 0.15) is 0 Å². The van der Waals surface area contributed by atoms with Crippen molar-refractivity contribution in [1.82, 2.24) is 15.2 Å². The number of rotatable bonds is 5. The SMILES string of the molecule is CC(C)(CCNc1cc[nH]c1)N1CCNCC1. The third kappa shape index (κ3) is 3.48. The lowest BCUT2D eigenvalue weighted by Crippen LogP contribution is -2.53. The van der Waals surface area contributed by atoms with Gasteiger partial charge in [0, 0.05) is 50.7 Å². The molecule has 1 aliphatic heterocycles. The van der Waals surface area contributed by atoms with Gasteiger partial charge >= 0.3 is 0 Å². The normalized spacial score (nSPS) is 18.2. The minimum absolute atomic E-state index is 0.283. The molecule has 96 valence electrons. The van der Waals surface area contributed by atoms with Gasteiger partial charge in [0.25, 0.3) is 0 Å². The molecule has 0 saturated carbocycles. The highest BCUT2D eigenvalue weighted by molar-refractivity contribution is 5.40. The van der Waals surface area contributed by atoms with Crippen LogP contribution in [0.15, 0.2) is 18.5 Å². The third-order valence-electron chi connectivity index (χ3n) is 3.64. The summed E-state index contributed by atoms with van der Waals surface area (Å²) in [5, 5.41) is 6.85. The summed E-state index contributed by atoms with van der Waals surface area (Å²) in [5.41, 5.74) is 1.46. The molecule has 17 heavy (non-hydrogen) atoms. The minimum atomic E-state index is 0.283. The van der Waals surface area contributed by atoms with Crippen LogP contribution in [-0.2, 0) is 0 Å². The standard InChI is InChI=1S/C13H24N4/c1-13(2,17-9-7-14-8-10-17)4-6-16-12-3-5-15-11-12/h3,5,11,14-16H,4,6-10H2,1-2H3. The number of piperazine rings is 1. The number of hydrogen-bond donors (Lipinski definition) is 3. The van der Waals surface area contributed by atoms with E-state index in [1.807, 2.05) is 12.4 Å². The van der Waals surface area contributed by atoms with Gasteiger partial charge in [-0.3, -0.25) is 4.90 Å². The lowest BCUT2D eigenvalue weighted by atomic mass is 9.97. The first-order chi connectivity index (χ1) is 8.18. The molecule has 0 amide bonds. The van der Waals surface area contributed by atoms with E-state index in [2.05, 4.69) is 40.4 Å². The summed E-state index contributed by atoms with van der Waals surface area (Å²) in [6.45, 7) is 10.3. The molecule has 0 aliphatic carbocycles. The van der Waals surface area contributed by atoms with Crippen molar-refractivity contribution >= 4 is 5.69 Å². The molecule has 0 radical (unpaired) electrons. The monoisotopic (exact) mass is 236 g/mol. The van der Waals surface area contributed by atoms with Crippen molar-refractivity contribution in [2.45, 2.75) is 25.8 Å². The average Bonchev–Trinajstić information content (AvgIpc) is 2.83. The van der Waals surface area contributed by atoms with Crippen LogP contribution in [0.2, 0.25) is 0 Å². The maximum atomic E-state index is 3.45. The number of nitrogens with one attached hydrogen (secondary N) is 3. The minimum Gasteiger partial charge on any atom is -0.384 e. The van der Waals surface area contributed by atoms with Crippen molar-refractivity contribution in [1.29, 1.82) is 0 Å². The van der Waals surface area contributed by atoms with E-state index in [-0.39, 0.29) is 5.54 Å². The van der Waals surface area contributed by atoms with Gasteiger partial charge in [-0.25, -0.2) is 0 Å². The van der Waals surface area contributed by atoms with Crippen molar-refractivity contribution < 1.29 is 0 Å². The van der Waals surface area contributed by atoms with Crippen molar-refractivity contribution in [2.24, 2.45) is 0 Å². The smallest absolute Gasteiger partial charge is 0.0517 e. The number of nitrogens with zero attached hydrogens (tertiary/aromatic N) is 1. The van der Waals surface area contributed by atoms with Crippen LogP contribution in [0, 0.1) is 0 Å². The van der Waals surface area contributed by atoms with Crippen LogP contribution in [0.4, 0.5) is 5.69 Å². The average molecular weight is 236 g/mol. The Morgan fingerprint density at radius 2 is 2.12 bits per heavy atom. The van der Waals surface area contributed by atoms with Crippen molar-refractivity contribution in [3.05, 3.63) is 18.5 Å². The second-order valence-corrected chi connectivity index (χ2v) is 5.33. The van der Waals surface area contributed by atoms with Gasteiger partial charge in [-0.2, -0.15) is 0 Å². The molecule has 0 atom stereocenters. The fourth-order valence-corrected chi connectivity index (χ4v) is 2.37. The molecule has 1 aliphatic rings. The van der Waals surface area contributed by atoms with Crippen LogP contribution >= 0.6 is 0 Å². The first kappa shape index (κ1) is 12.5. The fourth-order valence-electron chi connectivity index (χ4n) is 2.37. The first-order valence-electron chi connectivity index (χ1n) is 6.51. The van der Waals surface area contributed by atoms with E-state index < -0.39 is 0 Å². The van der Waals surface area contributed by atoms with E-state index in [0.29, 0.717) is 0 Å². The zero-order valence-corrected chi connectivity index (χ0v) is 10.9. The Morgan fingerprint density at radius 3 is 2.76 bits per heavy atom. The molecule has 0 aromatic carbocycles. The van der Waals surface area contributed by atoms with E-state index >= 15 is 0 Å². The van der Waals surface area contributed by atoms with E-state index in [1.54, 1.807) is 0 Å². The molecule has 2 rings (SSSR count). The number of H-pyrrole nitrogens is 1. The number of hydrogen-bond acceptors (Lipinski definition) is 3. The summed E-state index contributed by atoms with van der Waals surface area (Å²) in [7, 11) is 0. The lowest BCUT2D eigenvalue weighted by molar-refractivity contribution is 0.0987. The third-order valence-corrected chi connectivity index (χ3v) is 3.64. The van der Waals surface area contributed by atoms with Gasteiger partial charge in [-0.1, -0.05) is 0 Å². The Morgan fingerprint density at radius 1 is 1.35 bits per heavy atom. The van der Waals surface area contributed by atoms with E-state index in [4.69, 9.17) is 0 Å². The van der Waals surface area contributed by atoms with Crippen LogP contribution in [-0.4, -0.2) is 48.1 Å². The highest BCUT2D eigenvalue weighted by Crippen LogP contribution is 2.19. The number of anilines is 1. The molecule has 1 fully saturated rings. The first-order valence-corrected chi connectivity index (χ1v) is 6.51. The zero-order chi connectivity index (χ0) is 12.1. The van der Waals surface area contributed by atoms with Crippen molar-refractivity contribution in [3.8, 4) is 0 Å². The van der Waals surface area contributed by atoms with Gasteiger partial charge < -0.3 is 15.6 Å². The van der Waals surface area contributed by atoms with Crippen molar-refractivity contribution in [3.63, 3.8) is 0 Å². The van der Waals surface area contributed by atoms with Crippen LogP contribution < -0.4 is 10.6 Å². The Kier molecular flexibility index (Phi) is 4.07. The summed E-state index contributed by atoms with van der Waals surface area (Å²) in [5.74, 6) is 0. The summed E-state index contributed by atoms with van der Waals surface area (Å²) in [4.78, 5) is 5.65. The molecule has 1 saturated heterocycles. The molecule has 1 aromatic rings. The molecular weight excluding hydrogens is 212 g/mol. The van der Waals surface area contributed by atoms with Crippen molar-refractivity contribution in [2.75, 3.05) is 38.0 Å². The molecule has 4 nitrogen and oxygen atoms in total. The summed E-state index contributed by atoms with van der Waals surface area (Å²) < 4.78 is 0. The highest BCUT2D eigenvalue weighted by Gasteiger charge is 2.26. The second kappa shape index (κ2) is 5.56. The molecule has 4 heteroatoms. The summed E-state index contributed by atoms with van der Waals surface area (Å²) in [6, 6.07) is 2.07. The molecular formula is C13H24N4. The largest absolute Gasteiger partial charge is 0.384 e. The maximum Gasteiger partial charge on any atom is 0.0517 e. The number of aromatic amines is 1. The molecule has 3 N–H and O–H groups in total. The predicted molar refractivity (Wildman–Crippen MR) is 72.4 cm³/mol. The molecule has 0 unspecified atom stereocenters. The Bertz CT molecular complexity index is 312. The quantitative estimate of drug-likeness (QED) is 0.726. The van der Waals surface area contributed by atoms with Gasteiger partial charge in [-0.15, -0.1) is 0 Å². The van der Waals surface area contributed by atoms with Crippen LogP contribution in [0.3, 0.4) is 0 Å². The maximum absolute atomic E-state index is 3.45. The van der Waals surface area contributed by atoms with Crippen LogP contribution in [0.5, 0.6) is 0 Å². The molecule has 2 heterocycles. The summed E-state index contributed by atoms with van der Waals surface area (Å²) >= 11 is 0. The fraction of sp³-hybridized carbons (Fsp3) is 0.692. The summed E-state index contributed by atoms with van der Waals surface area (Å²) in [6.07, 6.45) is 5.11. The van der Waals surface area contributed by atoms with Gasteiger partial charge in [-0.05, 0) is 26.3 Å². The van der Waals surface area contributed by atoms with E-state index in [0.717, 1.165) is 39.1 Å². The van der Waals surface area contributed by atoms with E-state index in [1.165, 1.54) is 5.69 Å². The Labute approximate surface area is 104 Å². The van der Waals surface area contributed by atoms with Gasteiger partial charge in [0.05, 0.1) is 5.69 Å². The molecule has 0 spiro atoms. The Hall–Kier alpha value is -1.00. The van der Waals surface area contributed by atoms with Crippen LogP contribution in [0.1, 0.15) is 20.3 Å². The Balaban J connectivity index is 1.76. The second-order valence-electron chi connectivity index (χ2n) is 5.33. The topological polar surface area (TPSA) is 43.1 Å². The number of aromatic nitrogens is 1. The van der Waals surface area contributed by atoms with Gasteiger partial charge in [0.2, 0.25) is 0 Å².